The minimum absolute atomic E-state index is 0.104. The molecule has 242 valence electrons. The number of nitrogens with one attached hydrogen (secondary N) is 1. The molecule has 3 aliphatic heterocycles. The summed E-state index contributed by atoms with van der Waals surface area (Å²) in [4.78, 5) is 51.7. The summed E-state index contributed by atoms with van der Waals surface area (Å²) < 4.78 is 91.5. The van der Waals surface area contributed by atoms with E-state index in [0.717, 1.165) is 10.9 Å². The Labute approximate surface area is 248 Å². The number of nitrogens with zero attached hydrogens (tertiary/aromatic N) is 6. The van der Waals surface area contributed by atoms with E-state index in [0.29, 0.717) is 0 Å². The molecule has 20 nitrogen and oxygen atoms in total. The van der Waals surface area contributed by atoms with Gasteiger partial charge in [-0.25, -0.2) is 32.9 Å². The predicted octanol–water partition coefficient (Wildman–Crippen LogP) is 0.218. The van der Waals surface area contributed by atoms with Gasteiger partial charge in [-0.05, 0) is 6.07 Å². The van der Waals surface area contributed by atoms with Crippen LogP contribution in [0, 0.1) is 0 Å². The maximum Gasteiger partial charge on any atom is 0.472 e. The Morgan fingerprint density at radius 2 is 1.40 bits per heavy atom. The van der Waals surface area contributed by atoms with E-state index in [1.54, 1.807) is 0 Å². The van der Waals surface area contributed by atoms with Gasteiger partial charge in [0.15, 0.2) is 41.6 Å². The number of aromatic nitrogens is 7. The van der Waals surface area contributed by atoms with Gasteiger partial charge in [0.1, 0.15) is 29.9 Å². The summed E-state index contributed by atoms with van der Waals surface area (Å²) in [6.45, 7) is -1.96. The van der Waals surface area contributed by atoms with Crippen molar-refractivity contribution in [2.45, 2.75) is 49.2 Å². The number of pyridine rings is 1. The molecular weight excluding hydrogens is 654 g/mol. The van der Waals surface area contributed by atoms with Crippen LogP contribution in [-0.2, 0) is 36.7 Å². The van der Waals surface area contributed by atoms with Crippen molar-refractivity contribution >= 4 is 49.6 Å². The average molecular weight is 677 g/mol. The van der Waals surface area contributed by atoms with Crippen LogP contribution in [-0.4, -0.2) is 93.8 Å². The number of hydrogen-bond donors (Lipinski definition) is 5. The first-order valence-corrected chi connectivity index (χ1v) is 16.0. The molecule has 0 aliphatic carbocycles. The van der Waals surface area contributed by atoms with E-state index in [9.17, 15) is 23.7 Å². The highest BCUT2D eigenvalue weighted by Crippen LogP contribution is 2.54. The van der Waals surface area contributed by atoms with Gasteiger partial charge in [0.25, 0.3) is 5.56 Å². The van der Waals surface area contributed by atoms with Gasteiger partial charge in [0.2, 0.25) is 5.95 Å². The first-order chi connectivity index (χ1) is 21.3. The van der Waals surface area contributed by atoms with Crippen molar-refractivity contribution in [1.29, 1.82) is 0 Å². The number of nitrogens with two attached hydrogens (primary N) is 2. The fourth-order valence-corrected chi connectivity index (χ4v) is 7.15. The van der Waals surface area contributed by atoms with E-state index in [1.165, 1.54) is 23.2 Å². The third-order valence-corrected chi connectivity index (χ3v) is 9.30. The summed E-state index contributed by atoms with van der Waals surface area (Å²) in [5.41, 5.74) is 10.9. The van der Waals surface area contributed by atoms with Crippen LogP contribution in [0.3, 0.4) is 0 Å². The van der Waals surface area contributed by atoms with E-state index in [2.05, 4.69) is 24.9 Å². The normalized spacial score (nSPS) is 37.7. The number of phosphoric acid groups is 2. The summed E-state index contributed by atoms with van der Waals surface area (Å²) in [7, 11) is -10.4. The van der Waals surface area contributed by atoms with E-state index in [-0.39, 0.29) is 34.0 Å². The van der Waals surface area contributed by atoms with Crippen LogP contribution in [0.4, 0.5) is 20.4 Å². The number of imidazole rings is 2. The number of alkyl halides is 2. The van der Waals surface area contributed by atoms with Crippen molar-refractivity contribution in [3.05, 3.63) is 35.3 Å². The van der Waals surface area contributed by atoms with Gasteiger partial charge >= 0.3 is 15.6 Å². The first-order valence-electron chi connectivity index (χ1n) is 13.0. The molecule has 24 heteroatoms. The smallest absolute Gasteiger partial charge is 0.397 e. The number of phosphoric ester groups is 2. The molecule has 3 fully saturated rings. The quantitative estimate of drug-likeness (QED) is 0.177. The van der Waals surface area contributed by atoms with Crippen molar-refractivity contribution in [3.63, 3.8) is 0 Å². The highest BCUT2D eigenvalue weighted by atomic mass is 31.2. The van der Waals surface area contributed by atoms with Gasteiger partial charge in [-0.15, -0.1) is 0 Å². The van der Waals surface area contributed by atoms with E-state index >= 15 is 8.78 Å². The molecule has 7 rings (SSSR count). The Morgan fingerprint density at radius 3 is 1.98 bits per heavy atom. The summed E-state index contributed by atoms with van der Waals surface area (Å²) in [5, 5.41) is 0. The van der Waals surface area contributed by atoms with Crippen molar-refractivity contribution in [1.82, 2.24) is 34.1 Å². The number of rotatable bonds is 2. The summed E-state index contributed by atoms with van der Waals surface area (Å²) in [6.07, 6.45) is -11.5. The van der Waals surface area contributed by atoms with E-state index < -0.39 is 83.6 Å². The molecular formula is C21H23F2N9O11P2. The van der Waals surface area contributed by atoms with Gasteiger partial charge < -0.3 is 30.7 Å². The average Bonchev–Trinajstić information content (AvgIpc) is 3.72. The van der Waals surface area contributed by atoms with Crippen molar-refractivity contribution in [3.8, 4) is 0 Å². The molecule has 45 heavy (non-hydrogen) atoms. The number of anilines is 2. The van der Waals surface area contributed by atoms with Gasteiger partial charge in [-0.1, -0.05) is 0 Å². The van der Waals surface area contributed by atoms with Crippen LogP contribution >= 0.6 is 15.6 Å². The largest absolute Gasteiger partial charge is 0.472 e. The second kappa shape index (κ2) is 10.8. The van der Waals surface area contributed by atoms with Crippen LogP contribution in [0.1, 0.15) is 12.5 Å². The Hall–Kier alpha value is -3.43. The number of halogens is 2. The molecule has 0 amide bonds. The molecule has 3 saturated heterocycles. The molecule has 4 bridgehead atoms. The number of ether oxygens (including phenoxy) is 2. The van der Waals surface area contributed by atoms with Crippen LogP contribution in [0.25, 0.3) is 22.3 Å². The molecule has 0 saturated carbocycles. The third-order valence-electron chi connectivity index (χ3n) is 7.33. The molecule has 4 aromatic heterocycles. The SMILES string of the molecule is Nc1nc2c(ncn2[C@@H]2O[C@@H]3COP(=O)(O)O[C@@H]4[C@@H](F)[C@@H](COP(=O)(O)O[C@@H]2[C@@H]3F)O[C@H]4n2cnc3c(N)ccnc32)c(=O)[nH]1. The van der Waals surface area contributed by atoms with E-state index in [4.69, 9.17) is 39.0 Å². The third kappa shape index (κ3) is 5.31. The Balaban J connectivity index is 1.23. The van der Waals surface area contributed by atoms with Gasteiger partial charge in [0, 0.05) is 6.20 Å². The summed E-state index contributed by atoms with van der Waals surface area (Å²) in [5.74, 6) is -0.327. The van der Waals surface area contributed by atoms with Crippen LogP contribution in [0.5, 0.6) is 0 Å². The monoisotopic (exact) mass is 677 g/mol. The lowest BCUT2D eigenvalue weighted by Crippen LogP contribution is -2.35. The second-order valence-electron chi connectivity index (χ2n) is 10.2. The zero-order valence-corrected chi connectivity index (χ0v) is 24.2. The minimum Gasteiger partial charge on any atom is -0.397 e. The standard InChI is InChI=1S/C21H23F2N9O11P2/c22-10-8-3-38-45(36,37)43-15-11(23)9(41-20(15)32-6-28-13-17(32)29-21(25)30-18(13)33)4-39-44(34,35)42-14(10)19(40-8)31-5-27-12-7(24)1-2-26-16(12)31/h1-2,5-6,8-11,14-15,19-20H,3-4H2,(H2,24,26)(H,34,35)(H,36,37)(H3,25,29,30,33)/t8-,9-,10+,11-,14-,15-,19-,20-/m1/s1. The number of aromatic amines is 1. The lowest BCUT2D eigenvalue weighted by molar-refractivity contribution is -0.0671. The van der Waals surface area contributed by atoms with Crippen LogP contribution in [0.2, 0.25) is 0 Å². The topological polar surface area (TPSA) is 276 Å². The predicted molar refractivity (Wildman–Crippen MR) is 143 cm³/mol. The van der Waals surface area contributed by atoms with Gasteiger partial charge in [-0.3, -0.25) is 37.0 Å². The molecule has 10 atom stereocenters. The number of H-pyrrole nitrogens is 1. The zero-order chi connectivity index (χ0) is 31.8. The van der Waals surface area contributed by atoms with Gasteiger partial charge in [-0.2, -0.15) is 4.98 Å². The highest BCUT2D eigenvalue weighted by molar-refractivity contribution is 7.47. The number of hydrogen-bond acceptors (Lipinski definition) is 15. The maximum atomic E-state index is 15.8. The molecule has 7 heterocycles. The van der Waals surface area contributed by atoms with Crippen LogP contribution < -0.4 is 17.0 Å². The second-order valence-corrected chi connectivity index (χ2v) is 13.0. The molecule has 2 unspecified atom stereocenters. The highest BCUT2D eigenvalue weighted by Gasteiger charge is 2.55. The van der Waals surface area contributed by atoms with Crippen LogP contribution in [0.15, 0.2) is 29.7 Å². The summed E-state index contributed by atoms with van der Waals surface area (Å²) >= 11 is 0. The molecule has 7 N–H and O–H groups in total. The first kappa shape index (κ1) is 30.2. The van der Waals surface area contributed by atoms with E-state index in [1.807, 2.05) is 0 Å². The Morgan fingerprint density at radius 1 is 0.867 bits per heavy atom. The maximum absolute atomic E-state index is 15.8. The van der Waals surface area contributed by atoms with Gasteiger partial charge in [0.05, 0.1) is 31.6 Å². The fraction of sp³-hybridized carbons (Fsp3) is 0.476. The van der Waals surface area contributed by atoms with Crippen molar-refractivity contribution in [2.24, 2.45) is 0 Å². The molecule has 0 aromatic carbocycles. The summed E-state index contributed by atoms with van der Waals surface area (Å²) in [6, 6.07) is 1.47. The molecule has 0 radical (unpaired) electrons. The molecule has 4 aromatic rings. The fourth-order valence-electron chi connectivity index (χ4n) is 5.30. The Bertz CT molecular complexity index is 1940. The minimum atomic E-state index is -5.22. The Kier molecular flexibility index (Phi) is 7.28. The zero-order valence-electron chi connectivity index (χ0n) is 22.4. The van der Waals surface area contributed by atoms with Crippen molar-refractivity contribution < 1.29 is 55.3 Å². The van der Waals surface area contributed by atoms with Crippen molar-refractivity contribution in [2.75, 3.05) is 24.7 Å². The number of nitrogen functional groups attached to an aromatic ring is 2. The lowest BCUT2D eigenvalue weighted by Gasteiger charge is -2.24. The lowest BCUT2D eigenvalue weighted by atomic mass is 10.1. The molecule has 3 aliphatic rings. The number of fused-ring (bicyclic) bond motifs is 6. The molecule has 0 spiro atoms.